The Balaban J connectivity index is 1.71. The molecule has 2 fully saturated rings. The SMILES string of the molecule is CCCCN(CC(O)C1CC1)C1CC1. The van der Waals surface area contributed by atoms with Crippen LogP contribution in [0.3, 0.4) is 0 Å². The largest absolute Gasteiger partial charge is 0.392 e. The predicted molar refractivity (Wildman–Crippen MR) is 58.2 cm³/mol. The van der Waals surface area contributed by atoms with Gasteiger partial charge in [-0.15, -0.1) is 0 Å². The van der Waals surface area contributed by atoms with Crippen LogP contribution in [-0.2, 0) is 0 Å². The van der Waals surface area contributed by atoms with Crippen LogP contribution in [0, 0.1) is 5.92 Å². The van der Waals surface area contributed by atoms with Crippen LogP contribution in [0.15, 0.2) is 0 Å². The molecule has 0 aromatic carbocycles. The molecular formula is C12H23NO. The second-order valence-corrected chi connectivity index (χ2v) is 4.98. The van der Waals surface area contributed by atoms with Crippen molar-refractivity contribution in [2.45, 2.75) is 57.6 Å². The first-order valence-corrected chi connectivity index (χ1v) is 6.23. The topological polar surface area (TPSA) is 23.5 Å². The van der Waals surface area contributed by atoms with E-state index >= 15 is 0 Å². The lowest BCUT2D eigenvalue weighted by Crippen LogP contribution is -2.35. The second kappa shape index (κ2) is 4.63. The smallest absolute Gasteiger partial charge is 0.0695 e. The summed E-state index contributed by atoms with van der Waals surface area (Å²) in [6.07, 6.45) is 7.76. The highest BCUT2D eigenvalue weighted by molar-refractivity contribution is 4.89. The molecule has 2 aliphatic carbocycles. The molecule has 2 saturated carbocycles. The fourth-order valence-electron chi connectivity index (χ4n) is 2.09. The number of aliphatic hydroxyl groups is 1. The molecule has 0 aliphatic heterocycles. The summed E-state index contributed by atoms with van der Waals surface area (Å²) in [5.74, 6) is 0.637. The summed E-state index contributed by atoms with van der Waals surface area (Å²) in [5, 5.41) is 9.89. The van der Waals surface area contributed by atoms with Crippen LogP contribution in [0.25, 0.3) is 0 Å². The second-order valence-electron chi connectivity index (χ2n) is 4.98. The van der Waals surface area contributed by atoms with E-state index in [9.17, 15) is 5.11 Å². The van der Waals surface area contributed by atoms with Crippen molar-refractivity contribution in [3.05, 3.63) is 0 Å². The van der Waals surface area contributed by atoms with Crippen LogP contribution >= 0.6 is 0 Å². The maximum atomic E-state index is 9.89. The summed E-state index contributed by atoms with van der Waals surface area (Å²) in [6.45, 7) is 4.38. The normalized spacial score (nSPS) is 24.2. The van der Waals surface area contributed by atoms with Crippen molar-refractivity contribution in [3.8, 4) is 0 Å². The molecule has 82 valence electrons. The Hall–Kier alpha value is -0.0800. The van der Waals surface area contributed by atoms with Gasteiger partial charge in [-0.2, -0.15) is 0 Å². The van der Waals surface area contributed by atoms with E-state index < -0.39 is 0 Å². The Morgan fingerprint density at radius 3 is 2.50 bits per heavy atom. The molecule has 0 aromatic rings. The van der Waals surface area contributed by atoms with Gasteiger partial charge in [0.1, 0.15) is 0 Å². The van der Waals surface area contributed by atoms with Gasteiger partial charge in [-0.25, -0.2) is 0 Å². The Bertz CT molecular complexity index is 175. The molecule has 1 atom stereocenters. The van der Waals surface area contributed by atoms with Crippen molar-refractivity contribution < 1.29 is 5.11 Å². The summed E-state index contributed by atoms with van der Waals surface area (Å²) < 4.78 is 0. The molecule has 1 N–H and O–H groups in total. The van der Waals surface area contributed by atoms with Gasteiger partial charge in [0.25, 0.3) is 0 Å². The fraction of sp³-hybridized carbons (Fsp3) is 1.00. The van der Waals surface area contributed by atoms with Crippen LogP contribution in [0.5, 0.6) is 0 Å². The average molecular weight is 197 g/mol. The fourth-order valence-corrected chi connectivity index (χ4v) is 2.09. The highest BCUT2D eigenvalue weighted by atomic mass is 16.3. The molecule has 14 heavy (non-hydrogen) atoms. The molecule has 1 unspecified atom stereocenters. The van der Waals surface area contributed by atoms with Crippen molar-refractivity contribution >= 4 is 0 Å². The minimum Gasteiger partial charge on any atom is -0.392 e. The first kappa shape index (κ1) is 10.4. The summed E-state index contributed by atoms with van der Waals surface area (Å²) in [7, 11) is 0. The Morgan fingerprint density at radius 2 is 2.00 bits per heavy atom. The van der Waals surface area contributed by atoms with Crippen LogP contribution in [0.1, 0.15) is 45.4 Å². The molecule has 0 saturated heterocycles. The van der Waals surface area contributed by atoms with E-state index in [0.29, 0.717) is 5.92 Å². The molecule has 0 aromatic heterocycles. The molecule has 2 nitrogen and oxygen atoms in total. The first-order chi connectivity index (χ1) is 6.81. The molecule has 0 spiro atoms. The molecule has 0 amide bonds. The van der Waals surface area contributed by atoms with Crippen LogP contribution in [-0.4, -0.2) is 35.2 Å². The molecule has 0 radical (unpaired) electrons. The highest BCUT2D eigenvalue weighted by Crippen LogP contribution is 2.34. The minimum absolute atomic E-state index is 0.0348. The van der Waals surface area contributed by atoms with Crippen LogP contribution < -0.4 is 0 Å². The lowest BCUT2D eigenvalue weighted by molar-refractivity contribution is 0.0904. The first-order valence-electron chi connectivity index (χ1n) is 6.23. The minimum atomic E-state index is -0.0348. The van der Waals surface area contributed by atoms with E-state index in [4.69, 9.17) is 0 Å². The third kappa shape index (κ3) is 2.96. The Kier molecular flexibility index (Phi) is 3.45. The van der Waals surface area contributed by atoms with Crippen LogP contribution in [0.2, 0.25) is 0 Å². The lowest BCUT2D eigenvalue weighted by atomic mass is 10.2. The van der Waals surface area contributed by atoms with E-state index in [0.717, 1.165) is 12.6 Å². The number of rotatable bonds is 7. The van der Waals surface area contributed by atoms with Crippen molar-refractivity contribution in [1.82, 2.24) is 4.90 Å². The van der Waals surface area contributed by atoms with Gasteiger partial charge >= 0.3 is 0 Å². The van der Waals surface area contributed by atoms with E-state index in [1.54, 1.807) is 0 Å². The zero-order chi connectivity index (χ0) is 9.97. The van der Waals surface area contributed by atoms with Gasteiger partial charge in [0.15, 0.2) is 0 Å². The van der Waals surface area contributed by atoms with E-state index in [1.165, 1.54) is 45.1 Å². The van der Waals surface area contributed by atoms with Gasteiger partial charge < -0.3 is 5.11 Å². The van der Waals surface area contributed by atoms with Gasteiger partial charge in [0.05, 0.1) is 6.10 Å². The molecule has 2 rings (SSSR count). The Morgan fingerprint density at radius 1 is 1.29 bits per heavy atom. The third-order valence-corrected chi connectivity index (χ3v) is 3.45. The highest BCUT2D eigenvalue weighted by Gasteiger charge is 2.35. The maximum Gasteiger partial charge on any atom is 0.0695 e. The maximum absolute atomic E-state index is 9.89. The zero-order valence-corrected chi connectivity index (χ0v) is 9.28. The van der Waals surface area contributed by atoms with Crippen molar-refractivity contribution in [2.24, 2.45) is 5.92 Å². The summed E-state index contributed by atoms with van der Waals surface area (Å²) in [4.78, 5) is 2.52. The van der Waals surface area contributed by atoms with Gasteiger partial charge in [0.2, 0.25) is 0 Å². The molecule has 0 heterocycles. The summed E-state index contributed by atoms with van der Waals surface area (Å²) in [6, 6.07) is 0.815. The standard InChI is InChI=1S/C12H23NO/c1-2-3-8-13(11-6-7-11)9-12(14)10-4-5-10/h10-12,14H,2-9H2,1H3. The molecular weight excluding hydrogens is 174 g/mol. The number of aliphatic hydroxyl groups excluding tert-OH is 1. The van der Waals surface area contributed by atoms with Crippen molar-refractivity contribution in [2.75, 3.05) is 13.1 Å². The van der Waals surface area contributed by atoms with Gasteiger partial charge in [0, 0.05) is 12.6 Å². The van der Waals surface area contributed by atoms with Crippen molar-refractivity contribution in [1.29, 1.82) is 0 Å². The van der Waals surface area contributed by atoms with E-state index in [2.05, 4.69) is 11.8 Å². The zero-order valence-electron chi connectivity index (χ0n) is 9.28. The summed E-state index contributed by atoms with van der Waals surface area (Å²) >= 11 is 0. The van der Waals surface area contributed by atoms with Crippen molar-refractivity contribution in [3.63, 3.8) is 0 Å². The van der Waals surface area contributed by atoms with E-state index in [1.807, 2.05) is 0 Å². The summed E-state index contributed by atoms with van der Waals surface area (Å²) in [5.41, 5.74) is 0. The van der Waals surface area contributed by atoms with Gasteiger partial charge in [-0.3, -0.25) is 4.90 Å². The molecule has 2 heteroatoms. The number of hydrogen-bond acceptors (Lipinski definition) is 2. The third-order valence-electron chi connectivity index (χ3n) is 3.45. The average Bonchev–Trinajstić information content (AvgIpc) is 3.06. The quantitative estimate of drug-likeness (QED) is 0.675. The number of hydrogen-bond donors (Lipinski definition) is 1. The van der Waals surface area contributed by atoms with Gasteiger partial charge in [-0.1, -0.05) is 13.3 Å². The molecule has 2 aliphatic rings. The van der Waals surface area contributed by atoms with Crippen LogP contribution in [0.4, 0.5) is 0 Å². The Labute approximate surface area is 87.3 Å². The lowest BCUT2D eigenvalue weighted by Gasteiger charge is -2.24. The van der Waals surface area contributed by atoms with Gasteiger partial charge in [-0.05, 0) is 44.6 Å². The van der Waals surface area contributed by atoms with E-state index in [-0.39, 0.29) is 6.10 Å². The number of nitrogens with zero attached hydrogens (tertiary/aromatic N) is 1. The molecule has 0 bridgehead atoms. The monoisotopic (exact) mass is 197 g/mol. The number of unbranched alkanes of at least 4 members (excludes halogenated alkanes) is 1. The predicted octanol–water partition coefficient (Wildman–Crippen LogP) is 2.02.